The number of pyridine rings is 1. The highest BCUT2D eigenvalue weighted by Gasteiger charge is 2.54. The molecule has 194 valence electrons. The molecule has 3 aromatic heterocycles. The molecule has 4 aliphatic rings. The van der Waals surface area contributed by atoms with E-state index >= 15 is 0 Å². The molecule has 4 saturated carbocycles. The molecule has 38 heavy (non-hydrogen) atoms. The first kappa shape index (κ1) is 23.1. The Morgan fingerprint density at radius 1 is 1.05 bits per heavy atom. The van der Waals surface area contributed by atoms with E-state index in [1.165, 1.54) is 19.3 Å². The van der Waals surface area contributed by atoms with Crippen molar-refractivity contribution in [1.82, 2.24) is 35.3 Å². The van der Waals surface area contributed by atoms with Gasteiger partial charge < -0.3 is 15.4 Å². The third-order valence-corrected chi connectivity index (χ3v) is 8.52. The lowest BCUT2D eigenvalue weighted by Crippen LogP contribution is -2.53. The zero-order chi connectivity index (χ0) is 25.7. The van der Waals surface area contributed by atoms with Gasteiger partial charge in [-0.25, -0.2) is 9.97 Å². The summed E-state index contributed by atoms with van der Waals surface area (Å²) < 4.78 is 6.81. The molecule has 10 nitrogen and oxygen atoms in total. The number of nitrogens with zero attached hydrogens (tertiary/aromatic N) is 6. The standard InChI is InChI=1S/C28H30N8O2/c1-38-24-6-5-21(15-29-24)32-27-31-16-23-25(33-27)36(35-34-23)22-4-2-3-17(10-22)14-30-26(37)28-11-18-7-19(12-28)9-20(8-18)13-28/h2-6,10,15-16,18-20H,7-9,11-14H2,1H3,(H,30,37)(H,31,32,33). The summed E-state index contributed by atoms with van der Waals surface area (Å²) >= 11 is 0. The topological polar surface area (TPSA) is 120 Å². The number of hydrogen-bond donors (Lipinski definition) is 2. The third kappa shape index (κ3) is 4.13. The lowest BCUT2D eigenvalue weighted by Gasteiger charge is -2.55. The van der Waals surface area contributed by atoms with Crippen LogP contribution in [-0.4, -0.2) is 43.0 Å². The molecule has 2 N–H and O–H groups in total. The fourth-order valence-corrected chi connectivity index (χ4v) is 7.22. The van der Waals surface area contributed by atoms with Gasteiger partial charge in [0.05, 0.1) is 30.9 Å². The van der Waals surface area contributed by atoms with Gasteiger partial charge >= 0.3 is 0 Å². The Bertz CT molecular complexity index is 1460. The minimum atomic E-state index is -0.145. The number of carbonyl (C=O) groups excluding carboxylic acids is 1. The summed E-state index contributed by atoms with van der Waals surface area (Å²) in [6.45, 7) is 0.493. The van der Waals surface area contributed by atoms with E-state index in [2.05, 4.69) is 35.9 Å². The van der Waals surface area contributed by atoms with Crippen LogP contribution in [0.15, 0.2) is 48.8 Å². The van der Waals surface area contributed by atoms with E-state index < -0.39 is 0 Å². The Kier molecular flexibility index (Phi) is 5.49. The summed E-state index contributed by atoms with van der Waals surface area (Å²) in [5, 5.41) is 15.0. The molecule has 1 amide bonds. The van der Waals surface area contributed by atoms with Gasteiger partial charge in [0.2, 0.25) is 17.7 Å². The largest absolute Gasteiger partial charge is 0.481 e. The van der Waals surface area contributed by atoms with Gasteiger partial charge in [0.1, 0.15) is 0 Å². The summed E-state index contributed by atoms with van der Waals surface area (Å²) in [4.78, 5) is 26.6. The maximum atomic E-state index is 13.4. The average Bonchev–Trinajstić information content (AvgIpc) is 3.35. The van der Waals surface area contributed by atoms with Crippen molar-refractivity contribution in [2.45, 2.75) is 45.1 Å². The van der Waals surface area contributed by atoms with E-state index in [-0.39, 0.29) is 11.3 Å². The van der Waals surface area contributed by atoms with Crippen LogP contribution in [0.1, 0.15) is 44.1 Å². The van der Waals surface area contributed by atoms with Crippen LogP contribution in [0.4, 0.5) is 11.6 Å². The van der Waals surface area contributed by atoms with Gasteiger partial charge in [-0.1, -0.05) is 17.3 Å². The van der Waals surface area contributed by atoms with Gasteiger partial charge in [0, 0.05) is 18.0 Å². The highest BCUT2D eigenvalue weighted by molar-refractivity contribution is 5.83. The lowest BCUT2D eigenvalue weighted by molar-refractivity contribution is -0.146. The van der Waals surface area contributed by atoms with Gasteiger partial charge in [0.25, 0.3) is 0 Å². The van der Waals surface area contributed by atoms with Crippen LogP contribution in [0.5, 0.6) is 5.88 Å². The maximum Gasteiger partial charge on any atom is 0.229 e. The second-order valence-electron chi connectivity index (χ2n) is 11.2. The van der Waals surface area contributed by atoms with Gasteiger partial charge in [-0.2, -0.15) is 9.67 Å². The summed E-state index contributed by atoms with van der Waals surface area (Å²) in [7, 11) is 1.58. The second-order valence-corrected chi connectivity index (χ2v) is 11.2. The van der Waals surface area contributed by atoms with Gasteiger partial charge in [-0.15, -0.1) is 5.10 Å². The molecular weight excluding hydrogens is 480 g/mol. The molecule has 3 heterocycles. The summed E-state index contributed by atoms with van der Waals surface area (Å²) in [5.41, 5.74) is 3.60. The Morgan fingerprint density at radius 2 is 1.84 bits per heavy atom. The molecule has 0 saturated heterocycles. The Hall–Kier alpha value is -4.08. The molecule has 4 aromatic rings. The molecule has 4 aliphatic carbocycles. The fraction of sp³-hybridized carbons (Fsp3) is 0.429. The highest BCUT2D eigenvalue weighted by Crippen LogP contribution is 2.60. The van der Waals surface area contributed by atoms with Crippen LogP contribution in [0.3, 0.4) is 0 Å². The number of hydrogen-bond acceptors (Lipinski definition) is 8. The number of fused-ring (bicyclic) bond motifs is 1. The third-order valence-electron chi connectivity index (χ3n) is 8.52. The van der Waals surface area contributed by atoms with Gasteiger partial charge in [0.15, 0.2) is 11.2 Å². The van der Waals surface area contributed by atoms with Crippen molar-refractivity contribution in [2.24, 2.45) is 23.2 Å². The molecule has 8 rings (SSSR count). The van der Waals surface area contributed by atoms with Crippen molar-refractivity contribution in [1.29, 1.82) is 0 Å². The monoisotopic (exact) mass is 510 g/mol. The average molecular weight is 511 g/mol. The van der Waals surface area contributed by atoms with Crippen molar-refractivity contribution in [2.75, 3.05) is 12.4 Å². The Morgan fingerprint density at radius 3 is 2.55 bits per heavy atom. The van der Waals surface area contributed by atoms with Crippen LogP contribution >= 0.6 is 0 Å². The molecular formula is C28H30N8O2. The number of nitrogens with one attached hydrogen (secondary N) is 2. The van der Waals surface area contributed by atoms with Crippen molar-refractivity contribution >= 4 is 28.7 Å². The lowest BCUT2D eigenvalue weighted by atomic mass is 9.49. The van der Waals surface area contributed by atoms with Crippen molar-refractivity contribution in [3.8, 4) is 11.6 Å². The van der Waals surface area contributed by atoms with Crippen molar-refractivity contribution in [3.63, 3.8) is 0 Å². The summed E-state index contributed by atoms with van der Waals surface area (Å²) in [6, 6.07) is 11.6. The zero-order valence-corrected chi connectivity index (χ0v) is 21.3. The maximum absolute atomic E-state index is 13.4. The molecule has 10 heteroatoms. The molecule has 0 radical (unpaired) electrons. The minimum absolute atomic E-state index is 0.145. The molecule has 1 aromatic carbocycles. The van der Waals surface area contributed by atoms with Crippen LogP contribution in [0, 0.1) is 23.2 Å². The number of rotatable bonds is 7. The second kappa shape index (κ2) is 9.04. The molecule has 0 aliphatic heterocycles. The normalized spacial score (nSPS) is 25.4. The SMILES string of the molecule is COc1ccc(Nc2ncc3nnn(-c4cccc(CNC(=O)C56CC7CC(CC(C7)C5)C6)c4)c3n2)cn1. The quantitative estimate of drug-likeness (QED) is 0.380. The van der Waals surface area contributed by atoms with Gasteiger partial charge in [-0.05, 0) is 80.0 Å². The van der Waals surface area contributed by atoms with Crippen molar-refractivity contribution in [3.05, 3.63) is 54.4 Å². The first-order valence-corrected chi connectivity index (χ1v) is 13.3. The fourth-order valence-electron chi connectivity index (χ4n) is 7.22. The molecule has 0 spiro atoms. The van der Waals surface area contributed by atoms with Crippen LogP contribution in [0.2, 0.25) is 0 Å². The van der Waals surface area contributed by atoms with Crippen LogP contribution in [-0.2, 0) is 11.3 Å². The number of carbonyl (C=O) groups is 1. The summed E-state index contributed by atoms with van der Waals surface area (Å²) in [6.07, 6.45) is 10.5. The number of aromatic nitrogens is 6. The van der Waals surface area contributed by atoms with Crippen LogP contribution in [0.25, 0.3) is 16.9 Å². The van der Waals surface area contributed by atoms with Crippen LogP contribution < -0.4 is 15.4 Å². The highest BCUT2D eigenvalue weighted by atomic mass is 16.5. The zero-order valence-electron chi connectivity index (χ0n) is 21.3. The van der Waals surface area contributed by atoms with E-state index in [1.807, 2.05) is 30.3 Å². The number of benzene rings is 1. The summed E-state index contributed by atoms with van der Waals surface area (Å²) in [5.74, 6) is 3.43. The van der Waals surface area contributed by atoms with Gasteiger partial charge in [-0.3, -0.25) is 4.79 Å². The first-order valence-electron chi connectivity index (χ1n) is 13.3. The van der Waals surface area contributed by atoms with E-state index in [0.29, 0.717) is 29.5 Å². The van der Waals surface area contributed by atoms with E-state index in [4.69, 9.17) is 4.74 Å². The molecule has 4 fully saturated rings. The van der Waals surface area contributed by atoms with E-state index in [0.717, 1.165) is 54.0 Å². The number of anilines is 2. The predicted octanol–water partition coefficient (Wildman–Crippen LogP) is 4.19. The smallest absolute Gasteiger partial charge is 0.229 e. The Balaban J connectivity index is 1.08. The predicted molar refractivity (Wildman–Crippen MR) is 141 cm³/mol. The molecule has 4 bridgehead atoms. The number of methoxy groups -OCH3 is 1. The number of amides is 1. The van der Waals surface area contributed by atoms with Crippen molar-refractivity contribution < 1.29 is 9.53 Å². The van der Waals surface area contributed by atoms with E-state index in [1.54, 1.807) is 30.3 Å². The minimum Gasteiger partial charge on any atom is -0.481 e. The first-order chi connectivity index (χ1) is 18.6. The van der Waals surface area contributed by atoms with E-state index in [9.17, 15) is 4.79 Å². The number of ether oxygens (including phenoxy) is 1. The molecule has 0 unspecified atom stereocenters. The Labute approximate surface area is 220 Å². The molecule has 0 atom stereocenters.